The fourth-order valence-corrected chi connectivity index (χ4v) is 2.62. The lowest BCUT2D eigenvalue weighted by atomic mass is 10.1. The molecule has 1 heterocycles. The quantitative estimate of drug-likeness (QED) is 0.880. The van der Waals surface area contributed by atoms with Crippen molar-refractivity contribution in [1.82, 2.24) is 10.2 Å². The predicted molar refractivity (Wildman–Crippen MR) is 76.8 cm³/mol. The van der Waals surface area contributed by atoms with Gasteiger partial charge in [-0.3, -0.25) is 0 Å². The highest BCUT2D eigenvalue weighted by molar-refractivity contribution is 5.74. The number of carbonyl (C=O) groups excluding carboxylic acids is 1. The van der Waals surface area contributed by atoms with E-state index in [0.29, 0.717) is 6.54 Å². The zero-order valence-corrected chi connectivity index (χ0v) is 12.1. The van der Waals surface area contributed by atoms with Crippen molar-refractivity contribution in [3.63, 3.8) is 0 Å². The number of rotatable bonds is 4. The van der Waals surface area contributed by atoms with Crippen molar-refractivity contribution in [2.45, 2.75) is 32.4 Å². The molecule has 5 heteroatoms. The first-order chi connectivity index (χ1) is 9.65. The van der Waals surface area contributed by atoms with Crippen LogP contribution >= 0.6 is 0 Å². The van der Waals surface area contributed by atoms with Gasteiger partial charge in [-0.2, -0.15) is 0 Å². The first-order valence-electron chi connectivity index (χ1n) is 6.94. The number of aryl methyl sites for hydroxylation is 1. The van der Waals surface area contributed by atoms with E-state index in [4.69, 9.17) is 4.74 Å². The van der Waals surface area contributed by atoms with Gasteiger partial charge in [0.25, 0.3) is 0 Å². The van der Waals surface area contributed by atoms with Gasteiger partial charge in [-0.1, -0.05) is 12.1 Å². The molecule has 1 aromatic carbocycles. The monoisotopic (exact) mass is 278 g/mol. The second-order valence-electron chi connectivity index (χ2n) is 5.13. The fourth-order valence-electron chi connectivity index (χ4n) is 2.62. The third-order valence-electron chi connectivity index (χ3n) is 3.75. The Morgan fingerprint density at radius 1 is 1.55 bits per heavy atom. The zero-order valence-electron chi connectivity index (χ0n) is 12.1. The molecule has 1 fully saturated rings. The van der Waals surface area contributed by atoms with Gasteiger partial charge in [0.1, 0.15) is 5.75 Å². The van der Waals surface area contributed by atoms with Crippen LogP contribution in [0.2, 0.25) is 0 Å². The Morgan fingerprint density at radius 3 is 3.00 bits per heavy atom. The van der Waals surface area contributed by atoms with Gasteiger partial charge in [-0.05, 0) is 37.0 Å². The summed E-state index contributed by atoms with van der Waals surface area (Å²) in [7, 11) is 1.65. The number of aliphatic hydroxyl groups excluding tert-OH is 1. The molecule has 0 radical (unpaired) electrons. The van der Waals surface area contributed by atoms with Crippen molar-refractivity contribution in [2.75, 3.05) is 20.3 Å². The SMILES string of the molecule is COc1ccc(CNC(=O)N2CCCC2CO)cc1C. The summed E-state index contributed by atoms with van der Waals surface area (Å²) in [6.45, 7) is 3.22. The fraction of sp³-hybridized carbons (Fsp3) is 0.533. The van der Waals surface area contributed by atoms with E-state index >= 15 is 0 Å². The molecule has 2 N–H and O–H groups in total. The Bertz CT molecular complexity index is 476. The molecule has 1 unspecified atom stereocenters. The molecule has 0 aliphatic carbocycles. The third-order valence-corrected chi connectivity index (χ3v) is 3.75. The van der Waals surface area contributed by atoms with Gasteiger partial charge in [0.2, 0.25) is 0 Å². The van der Waals surface area contributed by atoms with Crippen LogP contribution in [0.15, 0.2) is 18.2 Å². The number of carbonyl (C=O) groups is 1. The second kappa shape index (κ2) is 6.61. The van der Waals surface area contributed by atoms with Gasteiger partial charge in [0, 0.05) is 13.1 Å². The number of nitrogens with one attached hydrogen (secondary N) is 1. The van der Waals surface area contributed by atoms with Crippen molar-refractivity contribution < 1.29 is 14.6 Å². The van der Waals surface area contributed by atoms with E-state index in [-0.39, 0.29) is 18.7 Å². The van der Waals surface area contributed by atoms with E-state index in [1.807, 2.05) is 25.1 Å². The Kier molecular flexibility index (Phi) is 4.84. The maximum atomic E-state index is 12.1. The summed E-state index contributed by atoms with van der Waals surface area (Å²) in [5, 5.41) is 12.1. The summed E-state index contributed by atoms with van der Waals surface area (Å²) in [5.74, 6) is 0.847. The smallest absolute Gasteiger partial charge is 0.317 e. The van der Waals surface area contributed by atoms with Gasteiger partial charge >= 0.3 is 6.03 Å². The molecular weight excluding hydrogens is 256 g/mol. The normalized spacial score (nSPS) is 18.1. The minimum Gasteiger partial charge on any atom is -0.496 e. The highest BCUT2D eigenvalue weighted by Crippen LogP contribution is 2.19. The maximum absolute atomic E-state index is 12.1. The lowest BCUT2D eigenvalue weighted by Gasteiger charge is -2.23. The molecule has 0 bridgehead atoms. The molecule has 1 aromatic rings. The number of hydrogen-bond donors (Lipinski definition) is 2. The van der Waals surface area contributed by atoms with Crippen LogP contribution in [0.5, 0.6) is 5.75 Å². The molecule has 0 aromatic heterocycles. The molecule has 2 amide bonds. The summed E-state index contributed by atoms with van der Waals surface area (Å²) < 4.78 is 5.21. The van der Waals surface area contributed by atoms with Crippen LogP contribution in [-0.4, -0.2) is 42.3 Å². The van der Waals surface area contributed by atoms with Crippen molar-refractivity contribution in [3.05, 3.63) is 29.3 Å². The summed E-state index contributed by atoms with van der Waals surface area (Å²) in [6, 6.07) is 5.72. The standard InChI is InChI=1S/C15H22N2O3/c1-11-8-12(5-6-14(11)20-2)9-16-15(19)17-7-3-4-13(17)10-18/h5-6,8,13,18H,3-4,7,9-10H2,1-2H3,(H,16,19). The number of aliphatic hydroxyl groups is 1. The van der Waals surface area contributed by atoms with Crippen molar-refractivity contribution >= 4 is 6.03 Å². The highest BCUT2D eigenvalue weighted by atomic mass is 16.5. The van der Waals surface area contributed by atoms with Gasteiger partial charge in [0.15, 0.2) is 0 Å². The molecule has 1 aliphatic heterocycles. The average Bonchev–Trinajstić information content (AvgIpc) is 2.93. The van der Waals surface area contributed by atoms with Crippen LogP contribution in [0.25, 0.3) is 0 Å². The van der Waals surface area contributed by atoms with Crippen molar-refractivity contribution in [3.8, 4) is 5.75 Å². The van der Waals surface area contributed by atoms with Crippen molar-refractivity contribution in [2.24, 2.45) is 0 Å². The first kappa shape index (κ1) is 14.7. The number of urea groups is 1. The second-order valence-corrected chi connectivity index (χ2v) is 5.13. The Morgan fingerprint density at radius 2 is 2.35 bits per heavy atom. The topological polar surface area (TPSA) is 61.8 Å². The van der Waals surface area contributed by atoms with E-state index < -0.39 is 0 Å². The Labute approximate surface area is 119 Å². The van der Waals surface area contributed by atoms with Crippen LogP contribution in [0.3, 0.4) is 0 Å². The molecule has 1 aliphatic rings. The molecule has 20 heavy (non-hydrogen) atoms. The van der Waals surface area contributed by atoms with Crippen LogP contribution in [0.1, 0.15) is 24.0 Å². The molecule has 5 nitrogen and oxygen atoms in total. The van der Waals surface area contributed by atoms with Crippen LogP contribution in [0.4, 0.5) is 4.79 Å². The van der Waals surface area contributed by atoms with Crippen molar-refractivity contribution in [1.29, 1.82) is 0 Å². The lowest BCUT2D eigenvalue weighted by molar-refractivity contribution is 0.157. The largest absolute Gasteiger partial charge is 0.496 e. The van der Waals surface area contributed by atoms with E-state index in [1.54, 1.807) is 12.0 Å². The lowest BCUT2D eigenvalue weighted by Crippen LogP contribution is -2.43. The third kappa shape index (κ3) is 3.22. The van der Waals surface area contributed by atoms with Crippen LogP contribution in [-0.2, 0) is 6.54 Å². The van der Waals surface area contributed by atoms with E-state index in [9.17, 15) is 9.90 Å². The Balaban J connectivity index is 1.91. The molecular formula is C15H22N2O3. The van der Waals surface area contributed by atoms with Crippen LogP contribution < -0.4 is 10.1 Å². The molecule has 1 saturated heterocycles. The number of likely N-dealkylation sites (tertiary alicyclic amines) is 1. The Hall–Kier alpha value is -1.75. The zero-order chi connectivity index (χ0) is 14.5. The number of methoxy groups -OCH3 is 1. The summed E-state index contributed by atoms with van der Waals surface area (Å²) in [4.78, 5) is 13.8. The molecule has 2 rings (SSSR count). The van der Waals surface area contributed by atoms with Gasteiger partial charge < -0.3 is 20.1 Å². The van der Waals surface area contributed by atoms with Gasteiger partial charge in [-0.25, -0.2) is 4.79 Å². The number of nitrogens with zero attached hydrogens (tertiary/aromatic N) is 1. The molecule has 0 spiro atoms. The number of benzene rings is 1. The summed E-state index contributed by atoms with van der Waals surface area (Å²) in [5.41, 5.74) is 2.09. The van der Waals surface area contributed by atoms with Crippen LogP contribution in [0, 0.1) is 6.92 Å². The van der Waals surface area contributed by atoms with E-state index in [0.717, 1.165) is 36.3 Å². The predicted octanol–water partition coefficient (Wildman–Crippen LogP) is 1.67. The first-order valence-corrected chi connectivity index (χ1v) is 6.94. The minimum atomic E-state index is -0.102. The molecule has 1 atom stereocenters. The average molecular weight is 278 g/mol. The number of ether oxygens (including phenoxy) is 1. The summed E-state index contributed by atoms with van der Waals surface area (Å²) >= 11 is 0. The highest BCUT2D eigenvalue weighted by Gasteiger charge is 2.27. The number of amides is 2. The summed E-state index contributed by atoms with van der Waals surface area (Å²) in [6.07, 6.45) is 1.84. The number of hydrogen-bond acceptors (Lipinski definition) is 3. The molecule has 110 valence electrons. The minimum absolute atomic E-state index is 0.0346. The molecule has 0 saturated carbocycles. The van der Waals surface area contributed by atoms with E-state index in [2.05, 4.69) is 5.32 Å². The van der Waals surface area contributed by atoms with Gasteiger partial charge in [-0.15, -0.1) is 0 Å². The van der Waals surface area contributed by atoms with Gasteiger partial charge in [0.05, 0.1) is 19.8 Å². The van der Waals surface area contributed by atoms with E-state index in [1.165, 1.54) is 0 Å². The maximum Gasteiger partial charge on any atom is 0.317 e.